The van der Waals surface area contributed by atoms with E-state index in [4.69, 9.17) is 4.42 Å². The van der Waals surface area contributed by atoms with Crippen molar-refractivity contribution >= 4 is 17.5 Å². The number of alkyl halides is 3. The third kappa shape index (κ3) is 4.58. The van der Waals surface area contributed by atoms with Crippen LogP contribution < -0.4 is 10.6 Å². The van der Waals surface area contributed by atoms with Crippen molar-refractivity contribution in [2.75, 3.05) is 11.9 Å². The van der Waals surface area contributed by atoms with Gasteiger partial charge in [-0.15, -0.1) is 0 Å². The van der Waals surface area contributed by atoms with Crippen molar-refractivity contribution in [1.82, 2.24) is 15.1 Å². The fraction of sp³-hybridized carbons (Fsp3) is 0.167. The van der Waals surface area contributed by atoms with Gasteiger partial charge in [0.2, 0.25) is 5.91 Å². The number of benzene rings is 1. The molecule has 0 saturated heterocycles. The molecule has 3 rings (SSSR count). The van der Waals surface area contributed by atoms with Crippen LogP contribution in [0.15, 0.2) is 59.5 Å². The first kappa shape index (κ1) is 19.2. The van der Waals surface area contributed by atoms with Gasteiger partial charge in [0.25, 0.3) is 5.91 Å². The predicted molar refractivity (Wildman–Crippen MR) is 92.9 cm³/mol. The summed E-state index contributed by atoms with van der Waals surface area (Å²) in [6, 6.07) is 8.05. The van der Waals surface area contributed by atoms with Gasteiger partial charge in [-0.1, -0.05) is 0 Å². The summed E-state index contributed by atoms with van der Waals surface area (Å²) in [6.07, 6.45) is -0.591. The van der Waals surface area contributed by atoms with E-state index < -0.39 is 23.6 Å². The Bertz CT molecular complexity index is 951. The second-order valence-corrected chi connectivity index (χ2v) is 5.71. The van der Waals surface area contributed by atoms with Gasteiger partial charge in [0.15, 0.2) is 5.76 Å². The average molecular weight is 392 g/mol. The van der Waals surface area contributed by atoms with E-state index in [0.717, 1.165) is 6.07 Å². The molecular weight excluding hydrogens is 377 g/mol. The Morgan fingerprint density at radius 1 is 1.18 bits per heavy atom. The van der Waals surface area contributed by atoms with Gasteiger partial charge in [0.05, 0.1) is 23.2 Å². The maximum atomic E-state index is 13.4. The zero-order chi connectivity index (χ0) is 20.1. The third-order valence-electron chi connectivity index (χ3n) is 3.73. The van der Waals surface area contributed by atoms with Crippen LogP contribution in [-0.4, -0.2) is 28.1 Å². The van der Waals surface area contributed by atoms with Crippen LogP contribution >= 0.6 is 0 Å². The van der Waals surface area contributed by atoms with Gasteiger partial charge in [-0.2, -0.15) is 18.3 Å². The number of aromatic nitrogens is 2. The minimum Gasteiger partial charge on any atom is -0.459 e. The number of amides is 2. The van der Waals surface area contributed by atoms with E-state index in [1.54, 1.807) is 6.07 Å². The molecule has 0 fully saturated rings. The fourth-order valence-corrected chi connectivity index (χ4v) is 2.44. The molecule has 1 aromatic carbocycles. The zero-order valence-electron chi connectivity index (χ0n) is 14.4. The van der Waals surface area contributed by atoms with Crippen LogP contribution in [0, 0.1) is 0 Å². The molecule has 0 spiro atoms. The summed E-state index contributed by atoms with van der Waals surface area (Å²) in [7, 11) is 0. The molecule has 7 nitrogen and oxygen atoms in total. The Hall–Kier alpha value is -3.56. The molecule has 0 unspecified atom stereocenters. The fourth-order valence-electron chi connectivity index (χ4n) is 2.44. The lowest BCUT2D eigenvalue weighted by atomic mass is 10.1. The first-order valence-corrected chi connectivity index (χ1v) is 8.17. The summed E-state index contributed by atoms with van der Waals surface area (Å²) in [5.41, 5.74) is -1.15. The van der Waals surface area contributed by atoms with Crippen LogP contribution in [0.25, 0.3) is 5.69 Å². The number of nitrogens with zero attached hydrogens (tertiary/aromatic N) is 2. The summed E-state index contributed by atoms with van der Waals surface area (Å²) < 4.78 is 46.3. The monoisotopic (exact) mass is 392 g/mol. The maximum Gasteiger partial charge on any atom is 0.418 e. The van der Waals surface area contributed by atoms with E-state index in [9.17, 15) is 22.8 Å². The Morgan fingerprint density at radius 3 is 2.64 bits per heavy atom. The molecule has 0 atom stereocenters. The minimum atomic E-state index is -4.67. The van der Waals surface area contributed by atoms with E-state index in [-0.39, 0.29) is 30.1 Å². The molecule has 2 heterocycles. The lowest BCUT2D eigenvalue weighted by Gasteiger charge is -2.15. The van der Waals surface area contributed by atoms with Gasteiger partial charge in [0, 0.05) is 25.4 Å². The highest BCUT2D eigenvalue weighted by molar-refractivity contribution is 5.94. The van der Waals surface area contributed by atoms with Crippen molar-refractivity contribution in [2.45, 2.75) is 12.6 Å². The second kappa shape index (κ2) is 7.99. The minimum absolute atomic E-state index is 0.0575. The van der Waals surface area contributed by atoms with Gasteiger partial charge in [0.1, 0.15) is 0 Å². The summed E-state index contributed by atoms with van der Waals surface area (Å²) in [5, 5.41) is 8.57. The number of furan rings is 1. The third-order valence-corrected chi connectivity index (χ3v) is 3.73. The molecule has 146 valence electrons. The molecule has 0 bridgehead atoms. The van der Waals surface area contributed by atoms with Gasteiger partial charge < -0.3 is 15.1 Å². The highest BCUT2D eigenvalue weighted by atomic mass is 19.4. The molecule has 0 aliphatic heterocycles. The highest BCUT2D eigenvalue weighted by Crippen LogP contribution is 2.36. The van der Waals surface area contributed by atoms with Crippen LogP contribution in [0.4, 0.5) is 18.9 Å². The van der Waals surface area contributed by atoms with Crippen LogP contribution in [0.5, 0.6) is 0 Å². The Balaban J connectivity index is 1.65. The summed E-state index contributed by atoms with van der Waals surface area (Å²) >= 11 is 0. The van der Waals surface area contributed by atoms with Crippen LogP contribution in [0.2, 0.25) is 0 Å². The second-order valence-electron chi connectivity index (χ2n) is 5.71. The molecule has 0 aliphatic carbocycles. The van der Waals surface area contributed by atoms with Gasteiger partial charge in [-0.3, -0.25) is 9.59 Å². The van der Waals surface area contributed by atoms with E-state index in [0.29, 0.717) is 0 Å². The Morgan fingerprint density at radius 2 is 2.00 bits per heavy atom. The van der Waals surface area contributed by atoms with Crippen molar-refractivity contribution in [1.29, 1.82) is 0 Å². The number of nitrogens with one attached hydrogen (secondary N) is 2. The molecule has 0 saturated carbocycles. The van der Waals surface area contributed by atoms with Crippen molar-refractivity contribution < 1.29 is 27.2 Å². The van der Waals surface area contributed by atoms with Crippen LogP contribution in [0.1, 0.15) is 22.5 Å². The standard InChI is InChI=1S/C18H15F3N4O3/c19-18(20,21)13-11-12(25-9-2-7-23-25)4-5-14(13)24-16(26)6-8-22-17(27)15-3-1-10-28-15/h1-5,7,9-11H,6,8H2,(H,22,27)(H,24,26). The van der Waals surface area contributed by atoms with Gasteiger partial charge >= 0.3 is 6.18 Å². The Labute approximate surface area is 157 Å². The SMILES string of the molecule is O=C(CCNC(=O)c1ccco1)Nc1ccc(-n2cccn2)cc1C(F)(F)F. The first-order chi connectivity index (χ1) is 13.3. The molecule has 28 heavy (non-hydrogen) atoms. The molecule has 2 N–H and O–H groups in total. The summed E-state index contributed by atoms with van der Waals surface area (Å²) in [4.78, 5) is 23.7. The van der Waals surface area contributed by atoms with Gasteiger partial charge in [-0.05, 0) is 36.4 Å². The molecule has 2 amide bonds. The smallest absolute Gasteiger partial charge is 0.418 e. The molecule has 10 heteroatoms. The van der Waals surface area contributed by atoms with Crippen molar-refractivity contribution in [3.63, 3.8) is 0 Å². The molecule has 3 aromatic rings. The molecule has 0 aliphatic rings. The molecule has 2 aromatic heterocycles. The number of hydrogen-bond acceptors (Lipinski definition) is 4. The van der Waals surface area contributed by atoms with Crippen LogP contribution in [0.3, 0.4) is 0 Å². The predicted octanol–water partition coefficient (Wildman–Crippen LogP) is 3.24. The van der Waals surface area contributed by atoms with E-state index in [1.807, 2.05) is 0 Å². The van der Waals surface area contributed by atoms with Crippen molar-refractivity contribution in [3.05, 3.63) is 66.4 Å². The van der Waals surface area contributed by atoms with E-state index in [2.05, 4.69) is 15.7 Å². The van der Waals surface area contributed by atoms with Crippen molar-refractivity contribution in [2.24, 2.45) is 0 Å². The lowest BCUT2D eigenvalue weighted by molar-refractivity contribution is -0.137. The van der Waals surface area contributed by atoms with E-state index in [1.165, 1.54) is 47.6 Å². The summed E-state index contributed by atoms with van der Waals surface area (Å²) in [5.74, 6) is -1.11. The number of rotatable bonds is 6. The van der Waals surface area contributed by atoms with Crippen LogP contribution in [-0.2, 0) is 11.0 Å². The molecular formula is C18H15F3N4O3. The lowest BCUT2D eigenvalue weighted by Crippen LogP contribution is -2.27. The number of carbonyl (C=O) groups is 2. The average Bonchev–Trinajstić information content (AvgIpc) is 3.35. The normalized spacial score (nSPS) is 11.2. The Kier molecular flexibility index (Phi) is 5.48. The topological polar surface area (TPSA) is 89.2 Å². The largest absolute Gasteiger partial charge is 0.459 e. The van der Waals surface area contributed by atoms with Gasteiger partial charge in [-0.25, -0.2) is 4.68 Å². The number of halogens is 3. The summed E-state index contributed by atoms with van der Waals surface area (Å²) in [6.45, 7) is -0.0575. The number of carbonyl (C=O) groups excluding carboxylic acids is 2. The molecule has 0 radical (unpaired) electrons. The highest BCUT2D eigenvalue weighted by Gasteiger charge is 2.34. The number of anilines is 1. The quantitative estimate of drug-likeness (QED) is 0.674. The van der Waals surface area contributed by atoms with Crippen molar-refractivity contribution in [3.8, 4) is 5.69 Å². The van der Waals surface area contributed by atoms with E-state index >= 15 is 0 Å². The number of hydrogen-bond donors (Lipinski definition) is 2. The zero-order valence-corrected chi connectivity index (χ0v) is 14.4. The first-order valence-electron chi connectivity index (χ1n) is 8.17. The maximum absolute atomic E-state index is 13.4.